The molecule has 3 amide bonds. The number of hydrogen-bond donors (Lipinski definition) is 3. The molecule has 1 saturated carbocycles. The molecule has 0 spiro atoms. The van der Waals surface area contributed by atoms with Crippen molar-refractivity contribution < 1.29 is 29.0 Å². The quantitative estimate of drug-likeness (QED) is 0.611. The normalized spacial score (nSPS) is 16.0. The Morgan fingerprint density at radius 3 is 2.29 bits per heavy atom. The molecule has 118 valence electrons. The summed E-state index contributed by atoms with van der Waals surface area (Å²) >= 11 is 0. The van der Waals surface area contributed by atoms with Gasteiger partial charge in [0.2, 0.25) is 5.91 Å². The van der Waals surface area contributed by atoms with Crippen LogP contribution in [0.15, 0.2) is 0 Å². The summed E-state index contributed by atoms with van der Waals surface area (Å²) in [4.78, 5) is 45.0. The minimum atomic E-state index is -0.945. The third kappa shape index (κ3) is 5.80. The molecular formula is C13H20N2O6. The molecule has 0 bridgehead atoms. The summed E-state index contributed by atoms with van der Waals surface area (Å²) in [6.07, 6.45) is 3.01. The standard InChI is InChI=1S/C13H20N2O6/c1-21-11(19)8-14-12(20)15-9(16)6-13(7-10(17)18)4-2-3-5-13/h2-8H2,1H3,(H,17,18)(H2,14,15,16,20). The Labute approximate surface area is 122 Å². The maximum Gasteiger partial charge on any atom is 0.325 e. The molecule has 0 heterocycles. The number of carbonyl (C=O) groups is 4. The Morgan fingerprint density at radius 2 is 1.76 bits per heavy atom. The van der Waals surface area contributed by atoms with E-state index in [1.54, 1.807) is 0 Å². The maximum absolute atomic E-state index is 11.8. The first-order valence-electron chi connectivity index (χ1n) is 6.73. The van der Waals surface area contributed by atoms with Crippen LogP contribution >= 0.6 is 0 Å². The van der Waals surface area contributed by atoms with Crippen LogP contribution < -0.4 is 10.6 Å². The SMILES string of the molecule is COC(=O)CNC(=O)NC(=O)CC1(CC(=O)O)CCCC1. The number of carbonyl (C=O) groups excluding carboxylic acids is 3. The van der Waals surface area contributed by atoms with Gasteiger partial charge in [0, 0.05) is 6.42 Å². The van der Waals surface area contributed by atoms with E-state index in [2.05, 4.69) is 15.4 Å². The van der Waals surface area contributed by atoms with Gasteiger partial charge in [0.25, 0.3) is 0 Å². The number of rotatable bonds is 6. The lowest BCUT2D eigenvalue weighted by molar-refractivity contribution is -0.141. The first-order valence-corrected chi connectivity index (χ1v) is 6.73. The Hall–Kier alpha value is -2.12. The van der Waals surface area contributed by atoms with Crippen LogP contribution in [0.3, 0.4) is 0 Å². The minimum Gasteiger partial charge on any atom is -0.481 e. The van der Waals surface area contributed by atoms with Gasteiger partial charge in [-0.25, -0.2) is 4.79 Å². The number of imide groups is 1. The molecule has 21 heavy (non-hydrogen) atoms. The summed E-state index contributed by atoms with van der Waals surface area (Å²) < 4.78 is 4.34. The van der Waals surface area contributed by atoms with Gasteiger partial charge in [0.15, 0.2) is 0 Å². The average molecular weight is 300 g/mol. The van der Waals surface area contributed by atoms with E-state index in [9.17, 15) is 19.2 Å². The van der Waals surface area contributed by atoms with Crippen LogP contribution in [0, 0.1) is 5.41 Å². The summed E-state index contributed by atoms with van der Waals surface area (Å²) in [6, 6.07) is -0.797. The molecule has 1 fully saturated rings. The van der Waals surface area contributed by atoms with Crippen LogP contribution in [0.4, 0.5) is 4.79 Å². The van der Waals surface area contributed by atoms with Crippen molar-refractivity contribution in [3.63, 3.8) is 0 Å². The van der Waals surface area contributed by atoms with E-state index < -0.39 is 29.3 Å². The molecule has 1 rings (SSSR count). The number of amides is 3. The zero-order valence-electron chi connectivity index (χ0n) is 11.9. The van der Waals surface area contributed by atoms with E-state index in [0.717, 1.165) is 12.8 Å². The van der Waals surface area contributed by atoms with Gasteiger partial charge in [0.05, 0.1) is 13.5 Å². The summed E-state index contributed by atoms with van der Waals surface area (Å²) in [6.45, 7) is -0.337. The van der Waals surface area contributed by atoms with Crippen molar-refractivity contribution in [3.05, 3.63) is 0 Å². The van der Waals surface area contributed by atoms with Crippen LogP contribution in [-0.2, 0) is 19.1 Å². The number of urea groups is 1. The van der Waals surface area contributed by atoms with Crippen molar-refractivity contribution in [2.75, 3.05) is 13.7 Å². The molecule has 0 aromatic carbocycles. The number of hydrogen-bond acceptors (Lipinski definition) is 5. The van der Waals surface area contributed by atoms with Gasteiger partial charge < -0.3 is 15.2 Å². The number of aliphatic carboxylic acids is 1. The van der Waals surface area contributed by atoms with E-state index in [1.165, 1.54) is 7.11 Å². The molecular weight excluding hydrogens is 280 g/mol. The van der Waals surface area contributed by atoms with Crippen molar-refractivity contribution >= 4 is 23.9 Å². The second kappa shape index (κ2) is 7.61. The molecule has 0 saturated heterocycles. The molecule has 0 aliphatic heterocycles. The van der Waals surface area contributed by atoms with Gasteiger partial charge >= 0.3 is 18.0 Å². The molecule has 0 aromatic rings. The zero-order valence-corrected chi connectivity index (χ0v) is 11.9. The predicted molar refractivity (Wildman–Crippen MR) is 71.3 cm³/mol. The first kappa shape index (κ1) is 16.9. The molecule has 0 unspecified atom stereocenters. The van der Waals surface area contributed by atoms with E-state index in [0.29, 0.717) is 12.8 Å². The highest BCUT2D eigenvalue weighted by atomic mass is 16.5. The van der Waals surface area contributed by atoms with E-state index in [4.69, 9.17) is 5.11 Å². The van der Waals surface area contributed by atoms with Crippen molar-refractivity contribution in [2.24, 2.45) is 5.41 Å². The largest absolute Gasteiger partial charge is 0.481 e. The molecule has 8 heteroatoms. The lowest BCUT2D eigenvalue weighted by Crippen LogP contribution is -2.43. The molecule has 0 aromatic heterocycles. The number of ether oxygens (including phenoxy) is 1. The average Bonchev–Trinajstić information content (AvgIpc) is 2.82. The van der Waals surface area contributed by atoms with Crippen molar-refractivity contribution in [3.8, 4) is 0 Å². The highest BCUT2D eigenvalue weighted by Crippen LogP contribution is 2.43. The van der Waals surface area contributed by atoms with Crippen LogP contribution in [0.5, 0.6) is 0 Å². The number of nitrogens with one attached hydrogen (secondary N) is 2. The Balaban J connectivity index is 2.45. The molecule has 1 aliphatic rings. The first-order chi connectivity index (χ1) is 9.87. The van der Waals surface area contributed by atoms with Gasteiger partial charge in [-0.05, 0) is 18.3 Å². The topological polar surface area (TPSA) is 122 Å². The zero-order chi connectivity index (χ0) is 15.9. The second-order valence-corrected chi connectivity index (χ2v) is 5.26. The smallest absolute Gasteiger partial charge is 0.325 e. The Kier molecular flexibility index (Phi) is 6.13. The highest BCUT2D eigenvalue weighted by Gasteiger charge is 2.38. The Bertz CT molecular complexity index is 428. The van der Waals surface area contributed by atoms with E-state index >= 15 is 0 Å². The lowest BCUT2D eigenvalue weighted by atomic mass is 9.79. The number of methoxy groups -OCH3 is 1. The van der Waals surface area contributed by atoms with E-state index in [1.807, 2.05) is 0 Å². The van der Waals surface area contributed by atoms with Gasteiger partial charge in [-0.15, -0.1) is 0 Å². The third-order valence-corrected chi connectivity index (χ3v) is 3.60. The fraction of sp³-hybridized carbons (Fsp3) is 0.692. The van der Waals surface area contributed by atoms with Crippen LogP contribution in [0.25, 0.3) is 0 Å². The van der Waals surface area contributed by atoms with Crippen LogP contribution in [0.2, 0.25) is 0 Å². The molecule has 0 atom stereocenters. The van der Waals surface area contributed by atoms with Crippen molar-refractivity contribution in [2.45, 2.75) is 38.5 Å². The van der Waals surface area contributed by atoms with Gasteiger partial charge in [0.1, 0.15) is 6.54 Å². The fourth-order valence-electron chi connectivity index (χ4n) is 2.64. The summed E-state index contributed by atoms with van der Waals surface area (Å²) in [5.74, 6) is -2.11. The summed E-state index contributed by atoms with van der Waals surface area (Å²) in [7, 11) is 1.18. The van der Waals surface area contributed by atoms with Crippen LogP contribution in [0.1, 0.15) is 38.5 Å². The van der Waals surface area contributed by atoms with E-state index in [-0.39, 0.29) is 19.4 Å². The molecule has 8 nitrogen and oxygen atoms in total. The van der Waals surface area contributed by atoms with Crippen molar-refractivity contribution in [1.82, 2.24) is 10.6 Å². The number of carboxylic acid groups (broad SMARTS) is 1. The van der Waals surface area contributed by atoms with Crippen molar-refractivity contribution in [1.29, 1.82) is 0 Å². The fourth-order valence-corrected chi connectivity index (χ4v) is 2.64. The monoisotopic (exact) mass is 300 g/mol. The van der Waals surface area contributed by atoms with Gasteiger partial charge in [-0.1, -0.05) is 12.8 Å². The molecule has 3 N–H and O–H groups in total. The molecule has 0 radical (unpaired) electrons. The Morgan fingerprint density at radius 1 is 1.14 bits per heavy atom. The number of esters is 1. The minimum absolute atomic E-state index is 0.00898. The van der Waals surface area contributed by atoms with Gasteiger partial charge in [-0.2, -0.15) is 0 Å². The van der Waals surface area contributed by atoms with Crippen LogP contribution in [-0.4, -0.2) is 42.6 Å². The second-order valence-electron chi connectivity index (χ2n) is 5.26. The highest BCUT2D eigenvalue weighted by molar-refractivity contribution is 5.95. The third-order valence-electron chi connectivity index (χ3n) is 3.60. The lowest BCUT2D eigenvalue weighted by Gasteiger charge is -2.26. The number of carboxylic acids is 1. The summed E-state index contributed by atoms with van der Waals surface area (Å²) in [5.41, 5.74) is -0.571. The molecule has 1 aliphatic carbocycles. The predicted octanol–water partition coefficient (Wildman–Crippen LogP) is 0.410. The van der Waals surface area contributed by atoms with Gasteiger partial charge in [-0.3, -0.25) is 19.7 Å². The summed E-state index contributed by atoms with van der Waals surface area (Å²) in [5, 5.41) is 13.2. The maximum atomic E-state index is 11.8.